The first kappa shape index (κ1) is 56.9. The lowest BCUT2D eigenvalue weighted by atomic mass is 9.99. The van der Waals surface area contributed by atoms with Gasteiger partial charge in [0.1, 0.15) is 30.5 Å². The minimum atomic E-state index is -1.54. The Bertz CT molecular complexity index is 1120. The Morgan fingerprint density at radius 3 is 1.46 bits per heavy atom. The summed E-state index contributed by atoms with van der Waals surface area (Å²) >= 11 is 0. The molecule has 1 aliphatic heterocycles. The van der Waals surface area contributed by atoms with Gasteiger partial charge in [0, 0.05) is 13.0 Å². The third kappa shape index (κ3) is 34.0. The van der Waals surface area contributed by atoms with Crippen LogP contribution in [0.1, 0.15) is 200 Å². The van der Waals surface area contributed by atoms with Gasteiger partial charge in [-0.3, -0.25) is 4.79 Å². The first-order valence-corrected chi connectivity index (χ1v) is 24.9. The summed E-state index contributed by atoms with van der Waals surface area (Å²) in [5.74, 6) is -0.329. The van der Waals surface area contributed by atoms with Gasteiger partial charge < -0.3 is 39.4 Å². The van der Waals surface area contributed by atoms with E-state index in [0.717, 1.165) is 64.2 Å². The summed E-state index contributed by atoms with van der Waals surface area (Å²) in [4.78, 5) is 12.8. The second-order valence-electron chi connectivity index (χ2n) is 16.9. The fraction of sp³-hybridized carbons (Fsp3) is 0.788. The molecule has 0 aromatic carbocycles. The van der Waals surface area contributed by atoms with Crippen molar-refractivity contribution in [2.45, 2.75) is 237 Å². The molecule has 1 aliphatic rings. The van der Waals surface area contributed by atoms with Gasteiger partial charge in [0.05, 0.1) is 19.8 Å². The lowest BCUT2D eigenvalue weighted by Crippen LogP contribution is -2.59. The molecule has 4 N–H and O–H groups in total. The van der Waals surface area contributed by atoms with Crippen molar-refractivity contribution in [3.63, 3.8) is 0 Å². The van der Waals surface area contributed by atoms with Gasteiger partial charge in [-0.05, 0) is 83.5 Å². The maximum atomic E-state index is 12.8. The van der Waals surface area contributed by atoms with Crippen LogP contribution in [0.3, 0.4) is 0 Å². The molecule has 0 radical (unpaired) electrons. The van der Waals surface area contributed by atoms with Crippen LogP contribution < -0.4 is 0 Å². The molecule has 1 fully saturated rings. The van der Waals surface area contributed by atoms with Crippen molar-refractivity contribution in [2.75, 3.05) is 26.4 Å². The van der Waals surface area contributed by atoms with Gasteiger partial charge in [-0.1, -0.05) is 171 Å². The predicted molar refractivity (Wildman–Crippen MR) is 251 cm³/mol. The first-order valence-electron chi connectivity index (χ1n) is 24.9. The molecule has 61 heavy (non-hydrogen) atoms. The van der Waals surface area contributed by atoms with E-state index in [1.165, 1.54) is 116 Å². The number of aliphatic hydroxyl groups is 4. The Kier molecular flexibility index (Phi) is 40.3. The van der Waals surface area contributed by atoms with Crippen LogP contribution in [-0.4, -0.2) is 89.6 Å². The van der Waals surface area contributed by atoms with Gasteiger partial charge in [0.15, 0.2) is 6.29 Å². The number of hydrogen-bond acceptors (Lipinski definition) is 9. The molecule has 1 saturated heterocycles. The lowest BCUT2D eigenvalue weighted by molar-refractivity contribution is -0.305. The van der Waals surface area contributed by atoms with E-state index in [2.05, 4.69) is 74.6 Å². The molecule has 0 aromatic rings. The average Bonchev–Trinajstić information content (AvgIpc) is 3.26. The Hall–Kier alpha value is -2.11. The predicted octanol–water partition coefficient (Wildman–Crippen LogP) is 11.9. The van der Waals surface area contributed by atoms with Gasteiger partial charge in [0.25, 0.3) is 0 Å². The molecule has 9 nitrogen and oxygen atoms in total. The van der Waals surface area contributed by atoms with Crippen LogP contribution in [0.4, 0.5) is 0 Å². The van der Waals surface area contributed by atoms with Gasteiger partial charge in [-0.15, -0.1) is 0 Å². The minimum Gasteiger partial charge on any atom is -0.457 e. The highest BCUT2D eigenvalue weighted by molar-refractivity contribution is 5.69. The molecule has 0 spiro atoms. The number of allylic oxidation sites excluding steroid dienone is 10. The summed E-state index contributed by atoms with van der Waals surface area (Å²) in [5, 5.41) is 40.2. The van der Waals surface area contributed by atoms with Crippen molar-refractivity contribution in [1.82, 2.24) is 0 Å². The number of aliphatic hydroxyl groups excluding tert-OH is 4. The van der Waals surface area contributed by atoms with Crippen LogP contribution in [0.5, 0.6) is 0 Å². The first-order chi connectivity index (χ1) is 29.9. The van der Waals surface area contributed by atoms with Gasteiger partial charge >= 0.3 is 5.97 Å². The largest absolute Gasteiger partial charge is 0.457 e. The summed E-state index contributed by atoms with van der Waals surface area (Å²) in [5.41, 5.74) is 0. The molecule has 0 saturated carbocycles. The zero-order valence-electron chi connectivity index (χ0n) is 38.9. The van der Waals surface area contributed by atoms with Crippen molar-refractivity contribution in [2.24, 2.45) is 0 Å². The molecule has 1 heterocycles. The summed E-state index contributed by atoms with van der Waals surface area (Å²) < 4.78 is 22.9. The maximum absolute atomic E-state index is 12.8. The Labute approximate surface area is 373 Å². The maximum Gasteiger partial charge on any atom is 0.306 e. The van der Waals surface area contributed by atoms with Crippen LogP contribution in [0.2, 0.25) is 0 Å². The van der Waals surface area contributed by atoms with E-state index in [-0.39, 0.29) is 19.2 Å². The zero-order valence-corrected chi connectivity index (χ0v) is 38.9. The Morgan fingerprint density at radius 2 is 0.951 bits per heavy atom. The minimum absolute atomic E-state index is 0.123. The van der Waals surface area contributed by atoms with E-state index in [9.17, 15) is 25.2 Å². The molecule has 0 aliphatic carbocycles. The van der Waals surface area contributed by atoms with Crippen molar-refractivity contribution < 1.29 is 44.2 Å². The molecule has 6 unspecified atom stereocenters. The molecule has 9 heteroatoms. The normalized spacial score (nSPS) is 20.4. The molecule has 0 bridgehead atoms. The number of carbonyl (C=O) groups is 1. The summed E-state index contributed by atoms with van der Waals surface area (Å²) in [6.45, 7) is 4.49. The van der Waals surface area contributed by atoms with Crippen molar-refractivity contribution in [3.05, 3.63) is 60.8 Å². The highest BCUT2D eigenvalue weighted by Crippen LogP contribution is 2.22. The average molecular weight is 861 g/mol. The number of hydrogen-bond donors (Lipinski definition) is 4. The smallest absolute Gasteiger partial charge is 0.306 e. The SMILES string of the molecule is CCCCC/C=C\C/C=C\C/C=C\CCCCCCCCC(=O)OC(COCCCCCCCCCC/C=C\C/C=C\CCCCCC)COC1OC(CO)C(O)C(O)C1O. The number of ether oxygens (including phenoxy) is 4. The standard InChI is InChI=1S/C52H92O9/c1-3-5-7-9-11-13-15-17-19-21-23-25-27-29-31-33-35-37-39-41-48(54)60-46(45-59-52-51(57)50(56)49(55)47(43-53)61-52)44-58-42-40-38-36-34-32-30-28-26-24-22-20-18-16-14-12-10-8-6-4-2/h11,13-14,16-17,19-20,22-23,25,46-47,49-53,55-57H,3-10,12,15,18,21,24,26-45H2,1-2H3/b13-11-,16-14-,19-17-,22-20-,25-23-. The number of carbonyl (C=O) groups excluding carboxylic acids is 1. The summed E-state index contributed by atoms with van der Waals surface area (Å²) in [7, 11) is 0. The highest BCUT2D eigenvalue weighted by Gasteiger charge is 2.44. The second kappa shape index (κ2) is 43.2. The van der Waals surface area contributed by atoms with Crippen LogP contribution in [0, 0.1) is 0 Å². The van der Waals surface area contributed by atoms with Gasteiger partial charge in [0.2, 0.25) is 0 Å². The molecular formula is C52H92O9. The van der Waals surface area contributed by atoms with Crippen molar-refractivity contribution in [3.8, 4) is 0 Å². The van der Waals surface area contributed by atoms with Gasteiger partial charge in [-0.25, -0.2) is 0 Å². The van der Waals surface area contributed by atoms with E-state index in [1.54, 1.807) is 0 Å². The van der Waals surface area contributed by atoms with E-state index in [4.69, 9.17) is 18.9 Å². The highest BCUT2D eigenvalue weighted by atomic mass is 16.7. The van der Waals surface area contributed by atoms with Crippen molar-refractivity contribution >= 4 is 5.97 Å². The molecule has 354 valence electrons. The molecule has 0 amide bonds. The second-order valence-corrected chi connectivity index (χ2v) is 16.9. The Morgan fingerprint density at radius 1 is 0.525 bits per heavy atom. The molecule has 1 rings (SSSR count). The number of rotatable bonds is 42. The molecule has 0 aromatic heterocycles. The molecule has 6 atom stereocenters. The van der Waals surface area contributed by atoms with Crippen LogP contribution in [0.15, 0.2) is 60.8 Å². The molecular weight excluding hydrogens is 769 g/mol. The fourth-order valence-corrected chi connectivity index (χ4v) is 7.23. The summed E-state index contributed by atoms with van der Waals surface area (Å²) in [6.07, 6.45) is 48.1. The topological polar surface area (TPSA) is 135 Å². The van der Waals surface area contributed by atoms with E-state index in [1.807, 2.05) is 0 Å². The van der Waals surface area contributed by atoms with Crippen LogP contribution in [-0.2, 0) is 23.7 Å². The zero-order chi connectivity index (χ0) is 44.3. The van der Waals surface area contributed by atoms with Crippen LogP contribution >= 0.6 is 0 Å². The quantitative estimate of drug-likeness (QED) is 0.0269. The van der Waals surface area contributed by atoms with E-state index in [0.29, 0.717) is 13.0 Å². The lowest BCUT2D eigenvalue weighted by Gasteiger charge is -2.39. The number of esters is 1. The van der Waals surface area contributed by atoms with Crippen LogP contribution in [0.25, 0.3) is 0 Å². The monoisotopic (exact) mass is 861 g/mol. The Balaban J connectivity index is 2.25. The third-order valence-corrected chi connectivity index (χ3v) is 11.2. The third-order valence-electron chi connectivity index (χ3n) is 11.2. The summed E-state index contributed by atoms with van der Waals surface area (Å²) in [6, 6.07) is 0. The van der Waals surface area contributed by atoms with Gasteiger partial charge in [-0.2, -0.15) is 0 Å². The van der Waals surface area contributed by atoms with Crippen molar-refractivity contribution in [1.29, 1.82) is 0 Å². The van der Waals surface area contributed by atoms with E-state index >= 15 is 0 Å². The van der Waals surface area contributed by atoms with E-state index < -0.39 is 43.4 Å². The fourth-order valence-electron chi connectivity index (χ4n) is 7.23. The number of unbranched alkanes of at least 4 members (excludes halogenated alkanes) is 21.